The highest BCUT2D eigenvalue weighted by molar-refractivity contribution is 5.81. The number of hydrogen-bond acceptors (Lipinski definition) is 8. The lowest BCUT2D eigenvalue weighted by Crippen LogP contribution is -2.51. The average molecular weight is 490 g/mol. The number of carbonyl (C=O) groups is 1. The molecule has 0 aliphatic carbocycles. The highest BCUT2D eigenvalue weighted by Gasteiger charge is 2.44. The molecule has 5 rings (SSSR count). The second-order valence-corrected chi connectivity index (χ2v) is 7.96. The summed E-state index contributed by atoms with van der Waals surface area (Å²) in [4.78, 5) is 27.9. The number of anilines is 1. The number of hydrogen-bond donors (Lipinski definition) is 2. The normalized spacial score (nSPS) is 14.7. The Hall–Kier alpha value is -4.13. The molecule has 0 saturated carbocycles. The van der Waals surface area contributed by atoms with Gasteiger partial charge in [-0.25, -0.2) is 4.79 Å². The van der Waals surface area contributed by atoms with Gasteiger partial charge < -0.3 is 20.1 Å². The Bertz CT molecular complexity index is 1360. The number of nitrogens with zero attached hydrogens (tertiary/aromatic N) is 3. The molecule has 0 spiro atoms. The summed E-state index contributed by atoms with van der Waals surface area (Å²) in [6.45, 7) is 2.72. The van der Waals surface area contributed by atoms with Crippen molar-refractivity contribution in [2.75, 3.05) is 18.4 Å². The van der Waals surface area contributed by atoms with Crippen molar-refractivity contribution in [3.8, 4) is 28.4 Å². The molecule has 2 N–H and O–H groups in total. The third-order valence-electron chi connectivity index (χ3n) is 5.52. The minimum atomic E-state index is -5.29. The van der Waals surface area contributed by atoms with Gasteiger partial charge >= 0.3 is 12.1 Å². The zero-order valence-corrected chi connectivity index (χ0v) is 18.3. The number of fused-ring (bicyclic) bond motifs is 3. The molecule has 3 heterocycles. The van der Waals surface area contributed by atoms with E-state index in [4.69, 9.17) is 9.47 Å². The average Bonchev–Trinajstić information content (AvgIpc) is 2.79. The highest BCUT2D eigenvalue weighted by Crippen LogP contribution is 2.44. The third-order valence-corrected chi connectivity index (χ3v) is 5.52. The summed E-state index contributed by atoms with van der Waals surface area (Å²) in [5, 5.41) is 10.3. The Labute approximate surface area is 195 Å². The molecule has 2 aliphatic rings. The number of para-hydroxylation sites is 1. The molecule has 0 bridgehead atoms. The number of alkyl halides is 3. The molecule has 0 unspecified atom stereocenters. The van der Waals surface area contributed by atoms with Crippen molar-refractivity contribution < 1.29 is 36.8 Å². The maximum Gasteiger partial charge on any atom is 0.493 e. The second kappa shape index (κ2) is 8.58. The molecular weight excluding hydrogens is 471 g/mol. The lowest BCUT2D eigenvalue weighted by atomic mass is 9.98. The van der Waals surface area contributed by atoms with Gasteiger partial charge in [0.05, 0.1) is 22.4 Å². The Balaban J connectivity index is 1.57. The van der Waals surface area contributed by atoms with Crippen molar-refractivity contribution in [2.24, 2.45) is 0 Å². The molecule has 1 saturated heterocycles. The topological polar surface area (TPSA) is 110 Å². The van der Waals surface area contributed by atoms with E-state index in [0.29, 0.717) is 34.1 Å². The number of ether oxygens (including phenoxy) is 2. The first-order valence-electron chi connectivity index (χ1n) is 10.6. The van der Waals surface area contributed by atoms with Crippen LogP contribution in [0.5, 0.6) is 17.2 Å². The van der Waals surface area contributed by atoms with Gasteiger partial charge in [-0.1, -0.05) is 18.2 Å². The zero-order valence-electron chi connectivity index (χ0n) is 18.3. The van der Waals surface area contributed by atoms with Gasteiger partial charge in [0.2, 0.25) is 10.7 Å². The Kier molecular flexibility index (Phi) is 5.55. The van der Waals surface area contributed by atoms with Gasteiger partial charge in [-0.15, -0.1) is 0 Å². The van der Waals surface area contributed by atoms with E-state index in [9.17, 15) is 22.9 Å². The molecule has 10 nitrogen and oxygen atoms in total. The fourth-order valence-corrected chi connectivity index (χ4v) is 3.71. The molecule has 3 aromatic rings. The van der Waals surface area contributed by atoms with Gasteiger partial charge in [0.15, 0.2) is 18.1 Å². The van der Waals surface area contributed by atoms with Crippen molar-refractivity contribution in [1.29, 1.82) is 0 Å². The van der Waals surface area contributed by atoms with E-state index < -0.39 is 12.1 Å². The molecule has 0 radical (unpaired) electrons. The summed E-state index contributed by atoms with van der Waals surface area (Å²) in [7, 11) is 0. The van der Waals surface area contributed by atoms with Crippen LogP contribution in [0.15, 0.2) is 42.5 Å². The van der Waals surface area contributed by atoms with Gasteiger partial charge in [-0.3, -0.25) is 4.84 Å². The van der Waals surface area contributed by atoms with E-state index in [1.165, 1.54) is 6.92 Å². The number of aromatic nitrogens is 3. The van der Waals surface area contributed by atoms with Gasteiger partial charge in [0.25, 0.3) is 0 Å². The zero-order chi connectivity index (χ0) is 24.7. The summed E-state index contributed by atoms with van der Waals surface area (Å²) in [5.74, 6) is -1.06. The SMILES string of the molecule is Cc1c2c(nn(OC(=O)C(F)(F)F)[n+]1=O)COc1cc(Oc3ccccc3)c(NC3CNC3)cc1-2. The Morgan fingerprint density at radius 3 is 2.66 bits per heavy atom. The minimum absolute atomic E-state index is 0.0189. The summed E-state index contributed by atoms with van der Waals surface area (Å²) < 4.78 is 49.6. The first-order valence-corrected chi connectivity index (χ1v) is 10.6. The fourth-order valence-electron chi connectivity index (χ4n) is 3.71. The second-order valence-electron chi connectivity index (χ2n) is 7.96. The van der Waals surface area contributed by atoms with E-state index in [2.05, 4.69) is 20.6 Å². The summed E-state index contributed by atoms with van der Waals surface area (Å²) >= 11 is 0. The van der Waals surface area contributed by atoms with Crippen LogP contribution in [0.1, 0.15) is 11.4 Å². The molecule has 182 valence electrons. The smallest absolute Gasteiger partial charge is 0.484 e. The molecular formula is C22H19F3N5O5+. The number of rotatable bonds is 5. The largest absolute Gasteiger partial charge is 0.493 e. The first-order chi connectivity index (χ1) is 16.7. The van der Waals surface area contributed by atoms with Gasteiger partial charge in [0.1, 0.15) is 16.0 Å². The van der Waals surface area contributed by atoms with Crippen molar-refractivity contribution in [1.82, 2.24) is 15.4 Å². The first kappa shape index (κ1) is 22.7. The van der Waals surface area contributed by atoms with Crippen molar-refractivity contribution >= 4 is 11.7 Å². The highest BCUT2D eigenvalue weighted by atomic mass is 19.4. The predicted molar refractivity (Wildman–Crippen MR) is 115 cm³/mol. The molecule has 0 amide bonds. The number of nitrogens with one attached hydrogen (secondary N) is 2. The Morgan fingerprint density at radius 1 is 1.26 bits per heavy atom. The summed E-state index contributed by atoms with van der Waals surface area (Å²) in [6, 6.07) is 12.7. The van der Waals surface area contributed by atoms with Crippen LogP contribution in [0, 0.1) is 11.8 Å². The fraction of sp³-hybridized carbons (Fsp3) is 0.273. The molecule has 1 aromatic heterocycles. The molecule has 1 fully saturated rings. The number of carbonyl (C=O) groups excluding carboxylic acids is 1. The van der Waals surface area contributed by atoms with Crippen LogP contribution >= 0.6 is 0 Å². The number of halogens is 3. The van der Waals surface area contributed by atoms with E-state index >= 15 is 0 Å². The Morgan fingerprint density at radius 2 is 2.00 bits per heavy atom. The molecule has 2 aliphatic heterocycles. The van der Waals surface area contributed by atoms with Crippen LogP contribution in [0.25, 0.3) is 11.1 Å². The predicted octanol–water partition coefficient (Wildman–Crippen LogP) is 2.36. The quantitative estimate of drug-likeness (QED) is 0.525. The van der Waals surface area contributed by atoms with Crippen molar-refractivity contribution in [3.63, 3.8) is 0 Å². The third kappa shape index (κ3) is 4.37. The van der Waals surface area contributed by atoms with E-state index in [1.54, 1.807) is 24.3 Å². The molecule has 13 heteroatoms. The monoisotopic (exact) mass is 490 g/mol. The van der Waals surface area contributed by atoms with Crippen LogP contribution in [0.4, 0.5) is 18.9 Å². The van der Waals surface area contributed by atoms with Crippen LogP contribution in [0.2, 0.25) is 0 Å². The number of benzene rings is 2. The van der Waals surface area contributed by atoms with Crippen molar-refractivity contribution in [2.45, 2.75) is 25.7 Å². The summed E-state index contributed by atoms with van der Waals surface area (Å²) in [5.41, 5.74) is 1.59. The van der Waals surface area contributed by atoms with Crippen LogP contribution in [0.3, 0.4) is 0 Å². The van der Waals surface area contributed by atoms with E-state index in [0.717, 1.165) is 13.1 Å². The van der Waals surface area contributed by atoms with Crippen molar-refractivity contribution in [3.05, 3.63) is 58.8 Å². The van der Waals surface area contributed by atoms with Crippen LogP contribution in [-0.4, -0.2) is 41.3 Å². The van der Waals surface area contributed by atoms with Gasteiger partial charge in [-0.05, 0) is 23.1 Å². The van der Waals surface area contributed by atoms with Gasteiger partial charge in [0, 0.05) is 31.6 Å². The molecule has 0 atom stereocenters. The maximum absolute atomic E-state index is 12.6. The van der Waals surface area contributed by atoms with Crippen LogP contribution in [-0.2, 0) is 11.4 Å². The van der Waals surface area contributed by atoms with Gasteiger partial charge in [-0.2, -0.15) is 13.2 Å². The lowest BCUT2D eigenvalue weighted by molar-refractivity contribution is -0.646. The molecule has 35 heavy (non-hydrogen) atoms. The molecule has 2 aromatic carbocycles. The summed E-state index contributed by atoms with van der Waals surface area (Å²) in [6.07, 6.45) is -5.29. The van der Waals surface area contributed by atoms with Crippen LogP contribution < -0.4 is 29.5 Å². The lowest BCUT2D eigenvalue weighted by Gasteiger charge is -2.30. The standard InChI is InChI=1S/C22H19F3N5O5/c1-12-20-15-7-16(27-13-9-26-10-13)19(34-14-5-3-2-4-6-14)8-18(15)33-11-17(20)28-30(29(12)32)35-21(31)22(23,24)25/h2-8,13,26-27H,9-11H2,1H3/q+1. The van der Waals surface area contributed by atoms with E-state index in [1.807, 2.05) is 18.2 Å². The minimum Gasteiger partial charge on any atom is -0.484 e. The maximum atomic E-state index is 12.6. The van der Waals surface area contributed by atoms with E-state index in [-0.39, 0.29) is 33.5 Å².